The van der Waals surface area contributed by atoms with Crippen LogP contribution in [0.25, 0.3) is 0 Å². The Morgan fingerprint density at radius 1 is 0.913 bits per heavy atom. The molecule has 0 bridgehead atoms. The van der Waals surface area contributed by atoms with Gasteiger partial charge in [-0.2, -0.15) is 0 Å². The van der Waals surface area contributed by atoms with Gasteiger partial charge in [-0.1, -0.05) is 53.7 Å². The molecule has 0 amide bonds. The van der Waals surface area contributed by atoms with Gasteiger partial charge in [0, 0.05) is 5.56 Å². The Hall–Kier alpha value is -0.830. The highest BCUT2D eigenvalue weighted by atomic mass is 31.2. The van der Waals surface area contributed by atoms with Crippen molar-refractivity contribution in [3.05, 3.63) is 29.3 Å². The van der Waals surface area contributed by atoms with E-state index in [0.717, 1.165) is 5.56 Å². The van der Waals surface area contributed by atoms with Crippen molar-refractivity contribution in [2.75, 3.05) is 13.2 Å². The molecule has 0 saturated carbocycles. The number of hydrogen-bond donors (Lipinski definition) is 0. The lowest BCUT2D eigenvalue weighted by Crippen LogP contribution is -2.17. The smallest absolute Gasteiger partial charge is 0.404 e. The maximum Gasteiger partial charge on any atom is 0.530 e. The van der Waals surface area contributed by atoms with E-state index in [0.29, 0.717) is 5.75 Å². The summed E-state index contributed by atoms with van der Waals surface area (Å²) in [7, 11) is -3.59. The Morgan fingerprint density at radius 3 is 1.83 bits per heavy atom. The van der Waals surface area contributed by atoms with Crippen LogP contribution in [0.3, 0.4) is 0 Å². The van der Waals surface area contributed by atoms with Gasteiger partial charge >= 0.3 is 7.82 Å². The van der Waals surface area contributed by atoms with Gasteiger partial charge < -0.3 is 4.52 Å². The lowest BCUT2D eigenvalue weighted by molar-refractivity contribution is 0.166. The van der Waals surface area contributed by atoms with Crippen molar-refractivity contribution < 1.29 is 18.1 Å². The van der Waals surface area contributed by atoms with Crippen LogP contribution in [0.15, 0.2) is 18.2 Å². The van der Waals surface area contributed by atoms with Gasteiger partial charge in [0.05, 0.1) is 13.2 Å². The van der Waals surface area contributed by atoms with Crippen LogP contribution >= 0.6 is 7.82 Å². The van der Waals surface area contributed by atoms with Gasteiger partial charge in [-0.15, -0.1) is 0 Å². The molecule has 0 N–H and O–H groups in total. The fraction of sp³-hybridized carbons (Fsp3) is 0.667. The summed E-state index contributed by atoms with van der Waals surface area (Å²) in [5.74, 6) is 0.552. The topological polar surface area (TPSA) is 44.8 Å². The minimum absolute atomic E-state index is 0.0298. The second-order valence-corrected chi connectivity index (χ2v) is 9.18. The predicted octanol–water partition coefficient (Wildman–Crippen LogP) is 5.84. The monoisotopic (exact) mass is 342 g/mol. The van der Waals surface area contributed by atoms with Gasteiger partial charge in [-0.3, -0.25) is 9.05 Å². The van der Waals surface area contributed by atoms with Crippen molar-refractivity contribution in [1.82, 2.24) is 0 Å². The number of benzene rings is 1. The van der Waals surface area contributed by atoms with Crippen LogP contribution in [-0.4, -0.2) is 13.2 Å². The van der Waals surface area contributed by atoms with Gasteiger partial charge in [0.15, 0.2) is 0 Å². The van der Waals surface area contributed by atoms with E-state index < -0.39 is 7.82 Å². The second kappa shape index (κ2) is 7.38. The van der Waals surface area contributed by atoms with E-state index in [2.05, 4.69) is 47.6 Å². The largest absolute Gasteiger partial charge is 0.530 e. The van der Waals surface area contributed by atoms with Crippen molar-refractivity contribution >= 4 is 7.82 Å². The van der Waals surface area contributed by atoms with E-state index >= 15 is 0 Å². The maximum atomic E-state index is 12.7. The van der Waals surface area contributed by atoms with E-state index in [9.17, 15) is 4.57 Å². The quantitative estimate of drug-likeness (QED) is 0.609. The molecule has 0 aliphatic carbocycles. The van der Waals surface area contributed by atoms with Gasteiger partial charge in [-0.05, 0) is 36.3 Å². The van der Waals surface area contributed by atoms with E-state index in [1.807, 2.05) is 12.1 Å². The van der Waals surface area contributed by atoms with E-state index in [4.69, 9.17) is 13.6 Å². The summed E-state index contributed by atoms with van der Waals surface area (Å²) in [5, 5.41) is 0. The van der Waals surface area contributed by atoms with Crippen molar-refractivity contribution in [3.63, 3.8) is 0 Å². The lowest BCUT2D eigenvalue weighted by atomic mass is 9.80. The molecule has 23 heavy (non-hydrogen) atoms. The summed E-state index contributed by atoms with van der Waals surface area (Å²) in [6.07, 6.45) is 0. The van der Waals surface area contributed by atoms with Crippen LogP contribution in [-0.2, 0) is 24.4 Å². The molecular weight excluding hydrogens is 311 g/mol. The predicted molar refractivity (Wildman–Crippen MR) is 95.3 cm³/mol. The summed E-state index contributed by atoms with van der Waals surface area (Å²) in [6.45, 7) is 16.9. The summed E-state index contributed by atoms with van der Waals surface area (Å²) >= 11 is 0. The van der Waals surface area contributed by atoms with Gasteiger partial charge in [0.25, 0.3) is 0 Å². The first-order valence-corrected chi connectivity index (χ1v) is 9.62. The molecule has 0 spiro atoms. The van der Waals surface area contributed by atoms with E-state index in [-0.39, 0.29) is 24.0 Å². The molecule has 1 aromatic carbocycles. The Bertz CT molecular complexity index is 557. The van der Waals surface area contributed by atoms with Crippen molar-refractivity contribution in [1.29, 1.82) is 0 Å². The van der Waals surface area contributed by atoms with Gasteiger partial charge in [0.1, 0.15) is 5.75 Å². The summed E-state index contributed by atoms with van der Waals surface area (Å²) in [5.41, 5.74) is 2.07. The fourth-order valence-electron chi connectivity index (χ4n) is 2.19. The molecule has 0 aromatic heterocycles. The van der Waals surface area contributed by atoms with Crippen LogP contribution in [0.1, 0.15) is 66.5 Å². The minimum Gasteiger partial charge on any atom is -0.404 e. The molecule has 0 atom stereocenters. The molecule has 5 heteroatoms. The van der Waals surface area contributed by atoms with E-state index in [1.54, 1.807) is 13.8 Å². The van der Waals surface area contributed by atoms with Crippen LogP contribution in [0.4, 0.5) is 0 Å². The molecule has 0 radical (unpaired) electrons. The molecule has 0 aliphatic rings. The standard InChI is InChI=1S/C18H31O4P/c1-9-20-23(19,21-10-2)22-16-12-11-14(17(3,4)5)13-15(16)18(6,7)8/h11-13H,9-10H2,1-8H3. The second-order valence-electron chi connectivity index (χ2n) is 7.58. The Morgan fingerprint density at radius 2 is 1.43 bits per heavy atom. The van der Waals surface area contributed by atoms with Crippen LogP contribution in [0.5, 0.6) is 5.75 Å². The first-order valence-electron chi connectivity index (χ1n) is 8.16. The van der Waals surface area contributed by atoms with Crippen molar-refractivity contribution in [2.24, 2.45) is 0 Å². The maximum absolute atomic E-state index is 12.7. The zero-order valence-electron chi connectivity index (χ0n) is 15.7. The summed E-state index contributed by atoms with van der Waals surface area (Å²) in [6, 6.07) is 6.00. The van der Waals surface area contributed by atoms with Gasteiger partial charge in [0.2, 0.25) is 0 Å². The normalized spacial score (nSPS) is 13.2. The zero-order chi connectivity index (χ0) is 17.9. The molecule has 0 saturated heterocycles. The molecule has 1 rings (SSSR count). The van der Waals surface area contributed by atoms with Crippen molar-refractivity contribution in [2.45, 2.75) is 66.2 Å². The average molecular weight is 342 g/mol. The third kappa shape index (κ3) is 5.63. The lowest BCUT2D eigenvalue weighted by Gasteiger charge is -2.28. The van der Waals surface area contributed by atoms with Crippen LogP contribution in [0, 0.1) is 0 Å². The average Bonchev–Trinajstić information content (AvgIpc) is 2.36. The van der Waals surface area contributed by atoms with Gasteiger partial charge in [-0.25, -0.2) is 4.57 Å². The Kier molecular flexibility index (Phi) is 6.48. The molecule has 4 nitrogen and oxygen atoms in total. The summed E-state index contributed by atoms with van der Waals surface area (Å²) < 4.78 is 28.9. The third-order valence-corrected chi connectivity index (χ3v) is 5.01. The molecule has 0 fully saturated rings. The number of rotatable bonds is 6. The first-order chi connectivity index (χ1) is 10.4. The fourth-order valence-corrected chi connectivity index (χ4v) is 3.40. The number of hydrogen-bond acceptors (Lipinski definition) is 4. The SMILES string of the molecule is CCOP(=O)(OCC)Oc1ccc(C(C)(C)C)cc1C(C)(C)C. The molecule has 0 aliphatic heterocycles. The number of phosphoric acid groups is 1. The third-order valence-electron chi connectivity index (χ3n) is 3.44. The first kappa shape index (κ1) is 20.2. The van der Waals surface area contributed by atoms with E-state index in [1.165, 1.54) is 5.56 Å². The van der Waals surface area contributed by atoms with Crippen LogP contribution < -0.4 is 4.52 Å². The van der Waals surface area contributed by atoms with Crippen molar-refractivity contribution in [3.8, 4) is 5.75 Å². The summed E-state index contributed by atoms with van der Waals surface area (Å²) in [4.78, 5) is 0. The molecule has 1 aromatic rings. The molecule has 132 valence electrons. The van der Waals surface area contributed by atoms with Crippen LogP contribution in [0.2, 0.25) is 0 Å². The number of phosphoric ester groups is 1. The highest BCUT2D eigenvalue weighted by Gasteiger charge is 2.31. The molecular formula is C18H31O4P. The molecule has 0 unspecified atom stereocenters. The Labute approximate surface area is 141 Å². The highest BCUT2D eigenvalue weighted by molar-refractivity contribution is 7.48. The highest BCUT2D eigenvalue weighted by Crippen LogP contribution is 2.51. The Balaban J connectivity index is 3.33. The minimum atomic E-state index is -3.59. The zero-order valence-corrected chi connectivity index (χ0v) is 16.6. The molecule has 0 heterocycles.